The van der Waals surface area contributed by atoms with E-state index in [-0.39, 0.29) is 5.56 Å². The minimum Gasteiger partial charge on any atom is -0.309 e. The van der Waals surface area contributed by atoms with E-state index >= 15 is 0 Å². The molecule has 0 aliphatic carbocycles. The van der Waals surface area contributed by atoms with Crippen molar-refractivity contribution in [3.05, 3.63) is 39.4 Å². The molecule has 0 spiro atoms. The second kappa shape index (κ2) is 5.22. The molecule has 0 saturated heterocycles. The van der Waals surface area contributed by atoms with E-state index < -0.39 is 0 Å². The van der Waals surface area contributed by atoms with Crippen LogP contribution in [0.5, 0.6) is 0 Å². The van der Waals surface area contributed by atoms with Crippen LogP contribution >= 0.6 is 23.4 Å². The van der Waals surface area contributed by atoms with Gasteiger partial charge in [-0.05, 0) is 28.6 Å². The summed E-state index contributed by atoms with van der Waals surface area (Å²) in [6.45, 7) is 0. The van der Waals surface area contributed by atoms with Crippen LogP contribution in [0.2, 0.25) is 5.02 Å². The first kappa shape index (κ1) is 13.1. The number of nitrogens with one attached hydrogen (secondary N) is 1. The smallest absolute Gasteiger partial charge is 0.258 e. The number of hydrogen-bond donors (Lipinski definition) is 1. The van der Waals surface area contributed by atoms with Crippen LogP contribution < -0.4 is 5.56 Å². The van der Waals surface area contributed by atoms with Crippen molar-refractivity contribution in [2.24, 2.45) is 7.05 Å². The number of aromatic nitrogens is 6. The van der Waals surface area contributed by atoms with Gasteiger partial charge in [0.15, 0.2) is 0 Å². The van der Waals surface area contributed by atoms with Gasteiger partial charge in [-0.15, -0.1) is 5.10 Å². The molecule has 3 rings (SSSR count). The van der Waals surface area contributed by atoms with E-state index in [0.717, 1.165) is 0 Å². The Balaban J connectivity index is 1.91. The van der Waals surface area contributed by atoms with Crippen LogP contribution in [0.25, 0.3) is 10.9 Å². The summed E-state index contributed by atoms with van der Waals surface area (Å²) in [4.78, 5) is 19.1. The number of aromatic amines is 1. The Kier molecular flexibility index (Phi) is 3.41. The summed E-state index contributed by atoms with van der Waals surface area (Å²) in [7, 11) is 1.75. The number of tetrazole rings is 1. The van der Waals surface area contributed by atoms with Gasteiger partial charge in [0.25, 0.3) is 5.56 Å². The van der Waals surface area contributed by atoms with Gasteiger partial charge in [0, 0.05) is 12.1 Å². The maximum Gasteiger partial charge on any atom is 0.258 e. The lowest BCUT2D eigenvalue weighted by molar-refractivity contribution is 0.664. The molecule has 1 aromatic carbocycles. The van der Waals surface area contributed by atoms with Gasteiger partial charge in [-0.3, -0.25) is 4.79 Å². The van der Waals surface area contributed by atoms with Gasteiger partial charge >= 0.3 is 0 Å². The van der Waals surface area contributed by atoms with E-state index in [9.17, 15) is 4.79 Å². The highest BCUT2D eigenvalue weighted by Crippen LogP contribution is 2.19. The van der Waals surface area contributed by atoms with E-state index in [1.807, 2.05) is 0 Å². The van der Waals surface area contributed by atoms with Crippen LogP contribution in [0.3, 0.4) is 0 Å². The Hall–Kier alpha value is -1.93. The van der Waals surface area contributed by atoms with Crippen LogP contribution in [0.1, 0.15) is 5.82 Å². The van der Waals surface area contributed by atoms with Crippen molar-refractivity contribution in [1.29, 1.82) is 0 Å². The molecule has 0 aliphatic heterocycles. The topological polar surface area (TPSA) is 89.3 Å². The second-order valence-electron chi connectivity index (χ2n) is 4.05. The van der Waals surface area contributed by atoms with Gasteiger partial charge in [0.05, 0.1) is 16.7 Å². The van der Waals surface area contributed by atoms with Gasteiger partial charge in [0.2, 0.25) is 5.16 Å². The lowest BCUT2D eigenvalue weighted by Crippen LogP contribution is -2.11. The van der Waals surface area contributed by atoms with Gasteiger partial charge < -0.3 is 4.98 Å². The highest BCUT2D eigenvalue weighted by molar-refractivity contribution is 7.98. The van der Waals surface area contributed by atoms with Crippen molar-refractivity contribution in [3.8, 4) is 0 Å². The number of benzene rings is 1. The normalized spacial score (nSPS) is 11.1. The molecular formula is C11H9ClN6OS. The van der Waals surface area contributed by atoms with Gasteiger partial charge in [-0.1, -0.05) is 23.4 Å². The molecule has 0 amide bonds. The summed E-state index contributed by atoms with van der Waals surface area (Å²) in [5.41, 5.74) is 0.411. The quantitative estimate of drug-likeness (QED) is 0.736. The largest absolute Gasteiger partial charge is 0.309 e. The molecule has 9 heteroatoms. The van der Waals surface area contributed by atoms with E-state index in [4.69, 9.17) is 11.6 Å². The number of hydrogen-bond acceptors (Lipinski definition) is 6. The second-order valence-corrected chi connectivity index (χ2v) is 5.43. The molecule has 0 fully saturated rings. The maximum atomic E-state index is 12.0. The fourth-order valence-corrected chi connectivity index (χ4v) is 2.60. The maximum absolute atomic E-state index is 12.0. The third-order valence-corrected chi connectivity index (χ3v) is 3.89. The van der Waals surface area contributed by atoms with Gasteiger partial charge in [-0.25, -0.2) is 9.67 Å². The van der Waals surface area contributed by atoms with Gasteiger partial charge in [-0.2, -0.15) is 0 Å². The molecule has 0 unspecified atom stereocenters. The number of aryl methyl sites for hydroxylation is 1. The molecule has 2 aromatic heterocycles. The van der Waals surface area contributed by atoms with Crippen molar-refractivity contribution >= 4 is 34.3 Å². The van der Waals surface area contributed by atoms with Crippen LogP contribution in [-0.2, 0) is 12.8 Å². The zero-order valence-electron chi connectivity index (χ0n) is 10.4. The highest BCUT2D eigenvalue weighted by Gasteiger charge is 2.08. The SMILES string of the molecule is Cn1nnnc1SCc1nc2ccc(Cl)cc2c(=O)[nH]1. The number of halogens is 1. The minimum absolute atomic E-state index is 0.204. The summed E-state index contributed by atoms with van der Waals surface area (Å²) >= 11 is 7.26. The average molecular weight is 309 g/mol. The zero-order chi connectivity index (χ0) is 14.1. The molecular weight excluding hydrogens is 300 g/mol. The Labute approximate surface area is 122 Å². The lowest BCUT2D eigenvalue weighted by Gasteiger charge is -2.02. The number of fused-ring (bicyclic) bond motifs is 1. The molecule has 0 saturated carbocycles. The van der Waals surface area contributed by atoms with E-state index in [0.29, 0.717) is 32.7 Å². The third kappa shape index (κ3) is 2.52. The molecule has 102 valence electrons. The van der Waals surface area contributed by atoms with Crippen LogP contribution in [-0.4, -0.2) is 30.2 Å². The summed E-state index contributed by atoms with van der Waals surface area (Å²) < 4.78 is 1.56. The van der Waals surface area contributed by atoms with E-state index in [1.54, 1.807) is 29.9 Å². The van der Waals surface area contributed by atoms with Crippen LogP contribution in [0, 0.1) is 0 Å². The minimum atomic E-state index is -0.204. The van der Waals surface area contributed by atoms with Crippen LogP contribution in [0.15, 0.2) is 28.2 Å². The van der Waals surface area contributed by atoms with Crippen LogP contribution in [0.4, 0.5) is 0 Å². The molecule has 2 heterocycles. The standard InChI is InChI=1S/C11H9ClN6OS/c1-18-11(15-16-17-18)20-5-9-13-8-3-2-6(12)4-7(8)10(19)14-9/h2-4H,5H2,1H3,(H,13,14,19). The number of rotatable bonds is 3. The molecule has 20 heavy (non-hydrogen) atoms. The zero-order valence-corrected chi connectivity index (χ0v) is 11.9. The Morgan fingerprint density at radius 2 is 2.30 bits per heavy atom. The van der Waals surface area contributed by atoms with Crippen molar-refractivity contribution in [2.45, 2.75) is 10.9 Å². The first-order valence-corrected chi connectivity index (χ1v) is 7.03. The Morgan fingerprint density at radius 1 is 1.45 bits per heavy atom. The third-order valence-electron chi connectivity index (χ3n) is 2.64. The number of H-pyrrole nitrogens is 1. The highest BCUT2D eigenvalue weighted by atomic mass is 35.5. The molecule has 1 N–H and O–H groups in total. The molecule has 0 atom stereocenters. The molecule has 7 nitrogen and oxygen atoms in total. The Morgan fingerprint density at radius 3 is 3.05 bits per heavy atom. The summed E-state index contributed by atoms with van der Waals surface area (Å²) in [5.74, 6) is 1.04. The van der Waals surface area contributed by atoms with Crippen molar-refractivity contribution in [1.82, 2.24) is 30.2 Å². The summed E-state index contributed by atoms with van der Waals surface area (Å²) in [6.07, 6.45) is 0. The average Bonchev–Trinajstić information content (AvgIpc) is 2.83. The summed E-state index contributed by atoms with van der Waals surface area (Å²) in [5, 5.41) is 12.8. The predicted molar refractivity (Wildman–Crippen MR) is 75.7 cm³/mol. The lowest BCUT2D eigenvalue weighted by atomic mass is 10.2. The molecule has 0 bridgehead atoms. The first-order chi connectivity index (χ1) is 9.63. The molecule has 0 radical (unpaired) electrons. The first-order valence-electron chi connectivity index (χ1n) is 5.67. The molecule has 3 aromatic rings. The fraction of sp³-hybridized carbons (Fsp3) is 0.182. The van der Waals surface area contributed by atoms with Crippen molar-refractivity contribution in [3.63, 3.8) is 0 Å². The van der Waals surface area contributed by atoms with E-state index in [1.165, 1.54) is 11.8 Å². The Bertz CT molecular complexity index is 829. The van der Waals surface area contributed by atoms with Crippen molar-refractivity contribution < 1.29 is 0 Å². The monoisotopic (exact) mass is 308 g/mol. The summed E-state index contributed by atoms with van der Waals surface area (Å²) in [6, 6.07) is 5.04. The number of thioether (sulfide) groups is 1. The number of nitrogens with zero attached hydrogens (tertiary/aromatic N) is 5. The molecule has 0 aliphatic rings. The predicted octanol–water partition coefficient (Wildman–Crippen LogP) is 1.39. The van der Waals surface area contributed by atoms with E-state index in [2.05, 4.69) is 25.5 Å². The van der Waals surface area contributed by atoms with Crippen molar-refractivity contribution in [2.75, 3.05) is 0 Å². The van der Waals surface area contributed by atoms with Gasteiger partial charge in [0.1, 0.15) is 5.82 Å². The fourth-order valence-electron chi connectivity index (χ4n) is 1.70.